The monoisotopic (exact) mass is 571 g/mol. The van der Waals surface area contributed by atoms with Crippen LogP contribution in [0.2, 0.25) is 0 Å². The molecule has 3 saturated heterocycles. The zero-order valence-corrected chi connectivity index (χ0v) is 24.5. The molecule has 4 heterocycles. The second-order valence-corrected chi connectivity index (χ2v) is 13.8. The molecule has 2 aromatic rings. The number of carbonyl (C=O) groups is 2. The number of carbonyl (C=O) groups excluding carboxylic acids is 2. The molecule has 1 aromatic heterocycles. The molecule has 10 nitrogen and oxygen atoms in total. The summed E-state index contributed by atoms with van der Waals surface area (Å²) < 4.78 is 29.0. The van der Waals surface area contributed by atoms with E-state index in [0.717, 1.165) is 36.6 Å². The fourth-order valence-electron chi connectivity index (χ4n) is 6.82. The van der Waals surface area contributed by atoms with Gasteiger partial charge in [-0.15, -0.1) is 0 Å². The van der Waals surface area contributed by atoms with Crippen LogP contribution >= 0.6 is 0 Å². The number of rotatable bonds is 8. The van der Waals surface area contributed by atoms with Crippen LogP contribution in [-0.2, 0) is 14.8 Å². The maximum absolute atomic E-state index is 13.3. The third-order valence-electron chi connectivity index (χ3n) is 8.82. The van der Waals surface area contributed by atoms with Gasteiger partial charge in [0.15, 0.2) is 0 Å². The Morgan fingerprint density at radius 3 is 2.30 bits per heavy atom. The van der Waals surface area contributed by atoms with Gasteiger partial charge in [0.1, 0.15) is 5.56 Å². The summed E-state index contributed by atoms with van der Waals surface area (Å²) in [6, 6.07) is 9.86. The van der Waals surface area contributed by atoms with Crippen LogP contribution in [0.1, 0.15) is 69.3 Å². The van der Waals surface area contributed by atoms with E-state index in [-0.39, 0.29) is 40.8 Å². The van der Waals surface area contributed by atoms with Gasteiger partial charge in [-0.2, -0.15) is 4.31 Å². The Morgan fingerprint density at radius 1 is 1.02 bits per heavy atom. The van der Waals surface area contributed by atoms with E-state index in [1.807, 2.05) is 38.1 Å². The van der Waals surface area contributed by atoms with E-state index in [2.05, 4.69) is 10.2 Å². The molecule has 11 heteroatoms. The molecule has 3 aliphatic heterocycles. The van der Waals surface area contributed by atoms with Crippen molar-refractivity contribution in [1.29, 1.82) is 0 Å². The summed E-state index contributed by atoms with van der Waals surface area (Å²) in [7, 11) is -3.35. The summed E-state index contributed by atoms with van der Waals surface area (Å²) in [6.07, 6.45) is 4.23. The first-order chi connectivity index (χ1) is 19.0. The molecule has 2 bridgehead atoms. The van der Waals surface area contributed by atoms with Gasteiger partial charge in [0.05, 0.1) is 11.3 Å². The number of para-hydroxylation sites is 1. The maximum atomic E-state index is 13.3. The minimum Gasteiger partial charge on any atom is -0.349 e. The number of fused-ring (bicyclic) bond motifs is 3. The van der Waals surface area contributed by atoms with Gasteiger partial charge < -0.3 is 14.8 Å². The van der Waals surface area contributed by atoms with Crippen LogP contribution < -0.4 is 10.9 Å². The van der Waals surface area contributed by atoms with Crippen molar-refractivity contribution in [2.24, 2.45) is 0 Å². The first-order valence-corrected chi connectivity index (χ1v) is 16.1. The van der Waals surface area contributed by atoms with E-state index in [0.29, 0.717) is 51.2 Å². The Morgan fingerprint density at radius 2 is 1.68 bits per heavy atom. The molecule has 0 spiro atoms. The lowest BCUT2D eigenvalue weighted by Gasteiger charge is -2.39. The van der Waals surface area contributed by atoms with Gasteiger partial charge >= 0.3 is 0 Å². The quantitative estimate of drug-likeness (QED) is 0.520. The standard InChI is InChI=1S/C29H41N5O5S/c1-20(2)34-27-8-5-4-7-22(27)17-26(29(34)37)28(36)30-23-18-24-9-10-25(19-23)33(24)11-6-16-40(38,39)32-14-12-31(13-15-32)21(3)35/h4-5,7-8,17,20,23-25H,6,9-16,18-19H2,1-3H3,(H,30,36)/t23?,24-,25+. The van der Waals surface area contributed by atoms with Crippen molar-refractivity contribution in [3.05, 3.63) is 46.2 Å². The average molecular weight is 572 g/mol. The Kier molecular flexibility index (Phi) is 8.35. The molecule has 3 fully saturated rings. The van der Waals surface area contributed by atoms with Gasteiger partial charge in [0.2, 0.25) is 15.9 Å². The van der Waals surface area contributed by atoms with Gasteiger partial charge in [-0.25, -0.2) is 8.42 Å². The smallest absolute Gasteiger partial charge is 0.264 e. The van der Waals surface area contributed by atoms with Crippen molar-refractivity contribution in [2.75, 3.05) is 38.5 Å². The maximum Gasteiger partial charge on any atom is 0.264 e. The molecule has 40 heavy (non-hydrogen) atoms. The number of nitrogens with one attached hydrogen (secondary N) is 1. The number of benzene rings is 1. The molecule has 0 aliphatic carbocycles. The number of piperazine rings is 1. The van der Waals surface area contributed by atoms with E-state index in [9.17, 15) is 22.8 Å². The minimum atomic E-state index is -3.35. The van der Waals surface area contributed by atoms with Crippen molar-refractivity contribution in [3.63, 3.8) is 0 Å². The summed E-state index contributed by atoms with van der Waals surface area (Å²) in [4.78, 5) is 42.3. The number of aromatic nitrogens is 1. The van der Waals surface area contributed by atoms with Crippen LogP contribution in [0.4, 0.5) is 0 Å². The minimum absolute atomic E-state index is 0.0130. The van der Waals surface area contributed by atoms with E-state index in [4.69, 9.17) is 0 Å². The Hall–Kier alpha value is -2.76. The van der Waals surface area contributed by atoms with E-state index < -0.39 is 10.0 Å². The predicted molar refractivity (Wildman–Crippen MR) is 155 cm³/mol. The number of hydrogen-bond donors (Lipinski definition) is 1. The summed E-state index contributed by atoms with van der Waals surface area (Å²) >= 11 is 0. The Bertz CT molecular complexity index is 1420. The van der Waals surface area contributed by atoms with Crippen LogP contribution in [0.25, 0.3) is 10.9 Å². The zero-order chi connectivity index (χ0) is 28.6. The number of hydrogen-bond acceptors (Lipinski definition) is 6. The molecule has 1 aromatic carbocycles. The molecular weight excluding hydrogens is 530 g/mol. The largest absolute Gasteiger partial charge is 0.349 e. The zero-order valence-electron chi connectivity index (χ0n) is 23.7. The number of piperidine rings is 1. The highest BCUT2D eigenvalue weighted by molar-refractivity contribution is 7.89. The van der Waals surface area contributed by atoms with Crippen LogP contribution in [0.3, 0.4) is 0 Å². The number of nitrogens with zero attached hydrogens (tertiary/aromatic N) is 4. The molecule has 3 aliphatic rings. The van der Waals surface area contributed by atoms with Crippen molar-refractivity contribution in [2.45, 2.75) is 77.0 Å². The van der Waals surface area contributed by atoms with Crippen molar-refractivity contribution >= 4 is 32.7 Å². The molecule has 1 unspecified atom stereocenters. The van der Waals surface area contributed by atoms with Gasteiger partial charge in [0.25, 0.3) is 11.5 Å². The number of amides is 2. The van der Waals surface area contributed by atoms with Gasteiger partial charge in [-0.1, -0.05) is 18.2 Å². The van der Waals surface area contributed by atoms with E-state index in [1.54, 1.807) is 15.5 Å². The molecule has 5 rings (SSSR count). The highest BCUT2D eigenvalue weighted by Crippen LogP contribution is 2.36. The topological polar surface area (TPSA) is 112 Å². The molecule has 218 valence electrons. The van der Waals surface area contributed by atoms with Crippen LogP contribution in [0.15, 0.2) is 35.1 Å². The van der Waals surface area contributed by atoms with E-state index in [1.165, 1.54) is 11.2 Å². The summed E-state index contributed by atoms with van der Waals surface area (Å²) in [5, 5.41) is 4.02. The fraction of sp³-hybridized carbons (Fsp3) is 0.621. The summed E-state index contributed by atoms with van der Waals surface area (Å²) in [5.74, 6) is -0.233. The molecule has 2 amide bonds. The molecule has 0 saturated carbocycles. The number of sulfonamides is 1. The van der Waals surface area contributed by atoms with Gasteiger partial charge in [-0.05, 0) is 70.0 Å². The van der Waals surface area contributed by atoms with Crippen LogP contribution in [0, 0.1) is 0 Å². The average Bonchev–Trinajstić information content (AvgIpc) is 3.15. The van der Waals surface area contributed by atoms with Crippen molar-refractivity contribution < 1.29 is 18.0 Å². The molecule has 3 atom stereocenters. The first-order valence-electron chi connectivity index (χ1n) is 14.5. The Balaban J connectivity index is 1.17. The van der Waals surface area contributed by atoms with Crippen LogP contribution in [-0.4, -0.2) is 95.5 Å². The van der Waals surface area contributed by atoms with Crippen molar-refractivity contribution in [3.8, 4) is 0 Å². The highest BCUT2D eigenvalue weighted by Gasteiger charge is 2.41. The lowest BCUT2D eigenvalue weighted by Crippen LogP contribution is -2.52. The first kappa shape index (κ1) is 28.8. The third-order valence-corrected chi connectivity index (χ3v) is 10.8. The molecular formula is C29H41N5O5S. The SMILES string of the molecule is CC(=O)N1CCN(S(=O)(=O)CCCN2[C@@H]3CC[C@H]2CC(NC(=O)c2cc4ccccc4n(C(C)C)c2=O)C3)CC1. The third kappa shape index (κ3) is 5.82. The second kappa shape index (κ2) is 11.6. The van der Waals surface area contributed by atoms with E-state index >= 15 is 0 Å². The van der Waals surface area contributed by atoms with Crippen LogP contribution in [0.5, 0.6) is 0 Å². The summed E-state index contributed by atoms with van der Waals surface area (Å²) in [5.41, 5.74) is 0.734. The van der Waals surface area contributed by atoms with Gasteiger partial charge in [-0.3, -0.25) is 19.3 Å². The second-order valence-electron chi connectivity index (χ2n) is 11.7. The predicted octanol–water partition coefficient (Wildman–Crippen LogP) is 2.19. The fourth-order valence-corrected chi connectivity index (χ4v) is 8.29. The lowest BCUT2D eigenvalue weighted by atomic mass is 9.96. The van der Waals surface area contributed by atoms with Gasteiger partial charge in [0, 0.05) is 57.3 Å². The van der Waals surface area contributed by atoms with Crippen molar-refractivity contribution in [1.82, 2.24) is 24.0 Å². The molecule has 1 N–H and O–H groups in total. The normalized spacial score (nSPS) is 24.1. The summed E-state index contributed by atoms with van der Waals surface area (Å²) in [6.45, 7) is 7.73. The highest BCUT2D eigenvalue weighted by atomic mass is 32.2. The Labute approximate surface area is 236 Å². The lowest BCUT2D eigenvalue weighted by molar-refractivity contribution is -0.129. The number of pyridine rings is 1. The molecule has 0 radical (unpaired) electrons.